The van der Waals surface area contributed by atoms with E-state index in [2.05, 4.69) is 10.6 Å². The molecule has 5 heteroatoms. The molecule has 5 nitrogen and oxygen atoms in total. The van der Waals surface area contributed by atoms with Gasteiger partial charge in [-0.2, -0.15) is 0 Å². The fraction of sp³-hybridized carbons (Fsp3) is 0.429. The molecule has 1 fully saturated rings. The summed E-state index contributed by atoms with van der Waals surface area (Å²) in [5.41, 5.74) is 1.08. The predicted molar refractivity (Wildman–Crippen MR) is 70.9 cm³/mol. The van der Waals surface area contributed by atoms with E-state index >= 15 is 0 Å². The molecule has 0 bridgehead atoms. The Labute approximate surface area is 112 Å². The lowest BCUT2D eigenvalue weighted by Gasteiger charge is -2.18. The Bertz CT molecular complexity index is 487. The zero-order valence-electron chi connectivity index (χ0n) is 11.1. The Morgan fingerprint density at radius 2 is 2.16 bits per heavy atom. The molecule has 19 heavy (non-hydrogen) atoms. The van der Waals surface area contributed by atoms with E-state index in [4.69, 9.17) is 4.74 Å². The maximum Gasteiger partial charge on any atom is 0.244 e. The highest BCUT2D eigenvalue weighted by Crippen LogP contribution is 2.19. The molecule has 1 aliphatic heterocycles. The van der Waals surface area contributed by atoms with Gasteiger partial charge in [-0.1, -0.05) is 18.2 Å². The number of benzene rings is 1. The topological polar surface area (TPSA) is 67.4 Å². The van der Waals surface area contributed by atoms with Crippen molar-refractivity contribution in [2.24, 2.45) is 0 Å². The Balaban J connectivity index is 1.96. The highest BCUT2D eigenvalue weighted by molar-refractivity contribution is 6.05. The van der Waals surface area contributed by atoms with E-state index in [0.717, 1.165) is 17.7 Å². The number of hydrogen-bond donors (Lipinski definition) is 2. The minimum atomic E-state index is -0.419. The molecule has 2 N–H and O–H groups in total. The number of amides is 2. The summed E-state index contributed by atoms with van der Waals surface area (Å²) in [6.45, 7) is 1.99. The second-order valence-electron chi connectivity index (χ2n) is 4.75. The zero-order chi connectivity index (χ0) is 13.8. The molecular weight excluding hydrogens is 244 g/mol. The van der Waals surface area contributed by atoms with Gasteiger partial charge in [0.25, 0.3) is 0 Å². The Kier molecular flexibility index (Phi) is 4.16. The van der Waals surface area contributed by atoms with Gasteiger partial charge in [0.05, 0.1) is 19.6 Å². The molecule has 2 unspecified atom stereocenters. The fourth-order valence-corrected chi connectivity index (χ4v) is 2.29. The van der Waals surface area contributed by atoms with E-state index < -0.39 is 6.04 Å². The molecule has 1 aliphatic rings. The maximum absolute atomic E-state index is 11.5. The molecule has 1 aromatic carbocycles. The lowest BCUT2D eigenvalue weighted by Crippen LogP contribution is -2.42. The second-order valence-corrected chi connectivity index (χ2v) is 4.75. The van der Waals surface area contributed by atoms with Crippen molar-refractivity contribution in [3.05, 3.63) is 29.8 Å². The maximum atomic E-state index is 11.5. The minimum absolute atomic E-state index is 0.0814. The molecule has 0 saturated carbocycles. The van der Waals surface area contributed by atoms with Gasteiger partial charge in [0.15, 0.2) is 0 Å². The van der Waals surface area contributed by atoms with Gasteiger partial charge in [-0.3, -0.25) is 14.9 Å². The molecule has 102 valence electrons. The number of imide groups is 1. The highest BCUT2D eigenvalue weighted by Gasteiger charge is 2.31. The summed E-state index contributed by atoms with van der Waals surface area (Å²) in [5.74, 6) is 0.381. The summed E-state index contributed by atoms with van der Waals surface area (Å²) in [6.07, 6.45) is 0.955. The molecule has 0 radical (unpaired) electrons. The third-order valence-corrected chi connectivity index (χ3v) is 3.17. The molecule has 2 rings (SSSR count). The summed E-state index contributed by atoms with van der Waals surface area (Å²) < 4.78 is 5.29. The first-order chi connectivity index (χ1) is 9.10. The van der Waals surface area contributed by atoms with Crippen LogP contribution in [-0.2, 0) is 16.0 Å². The molecule has 0 aliphatic carbocycles. The van der Waals surface area contributed by atoms with Crippen LogP contribution in [-0.4, -0.2) is 31.0 Å². The number of carbonyl (C=O) groups is 2. The average Bonchev–Trinajstić information content (AvgIpc) is 2.68. The van der Waals surface area contributed by atoms with Crippen LogP contribution in [0.5, 0.6) is 5.75 Å². The van der Waals surface area contributed by atoms with Crippen molar-refractivity contribution in [2.75, 3.05) is 7.11 Å². The number of rotatable bonds is 5. The SMILES string of the molecule is COc1ccccc1CC(C)NC1CC(=O)NC1=O. The molecule has 0 spiro atoms. The summed E-state index contributed by atoms with van der Waals surface area (Å²) >= 11 is 0. The van der Waals surface area contributed by atoms with E-state index in [1.807, 2.05) is 31.2 Å². The number of ether oxygens (including phenoxy) is 1. The van der Waals surface area contributed by atoms with Crippen LogP contribution in [0, 0.1) is 0 Å². The monoisotopic (exact) mass is 262 g/mol. The normalized spacial score (nSPS) is 20.2. The standard InChI is InChI=1S/C14H18N2O3/c1-9(15-11-8-13(17)16-14(11)18)7-10-5-3-4-6-12(10)19-2/h3-6,9,11,15H,7-8H2,1-2H3,(H,16,17,18). The van der Waals surface area contributed by atoms with Crippen LogP contribution < -0.4 is 15.4 Å². The van der Waals surface area contributed by atoms with Gasteiger partial charge >= 0.3 is 0 Å². The molecule has 0 aromatic heterocycles. The van der Waals surface area contributed by atoms with Crippen LogP contribution in [0.1, 0.15) is 18.9 Å². The summed E-state index contributed by atoms with van der Waals surface area (Å²) in [7, 11) is 1.64. The van der Waals surface area contributed by atoms with E-state index in [-0.39, 0.29) is 24.3 Å². The van der Waals surface area contributed by atoms with Crippen molar-refractivity contribution >= 4 is 11.8 Å². The first-order valence-corrected chi connectivity index (χ1v) is 6.31. The van der Waals surface area contributed by atoms with Crippen LogP contribution in [0.3, 0.4) is 0 Å². The quantitative estimate of drug-likeness (QED) is 0.764. The molecule has 2 amide bonds. The zero-order valence-corrected chi connectivity index (χ0v) is 11.1. The lowest BCUT2D eigenvalue weighted by molar-refractivity contribution is -0.125. The number of nitrogens with one attached hydrogen (secondary N) is 2. The van der Waals surface area contributed by atoms with Gasteiger partial charge in [0.1, 0.15) is 5.75 Å². The fourth-order valence-electron chi connectivity index (χ4n) is 2.29. The lowest BCUT2D eigenvalue weighted by atomic mass is 10.0. The van der Waals surface area contributed by atoms with E-state index in [1.165, 1.54) is 0 Å². The second kappa shape index (κ2) is 5.84. The Hall–Kier alpha value is -1.88. The summed E-state index contributed by atoms with van der Waals surface area (Å²) in [5, 5.41) is 5.46. The van der Waals surface area contributed by atoms with Crippen LogP contribution in [0.25, 0.3) is 0 Å². The average molecular weight is 262 g/mol. The van der Waals surface area contributed by atoms with Crippen molar-refractivity contribution in [1.82, 2.24) is 10.6 Å². The van der Waals surface area contributed by atoms with E-state index in [0.29, 0.717) is 0 Å². The number of methoxy groups -OCH3 is 1. The predicted octanol–water partition coefficient (Wildman–Crippen LogP) is 0.631. The van der Waals surface area contributed by atoms with Gasteiger partial charge in [0.2, 0.25) is 11.8 Å². The van der Waals surface area contributed by atoms with Crippen LogP contribution >= 0.6 is 0 Å². The van der Waals surface area contributed by atoms with Gasteiger partial charge in [-0.15, -0.1) is 0 Å². The van der Waals surface area contributed by atoms with Gasteiger partial charge in [-0.05, 0) is 25.0 Å². The van der Waals surface area contributed by atoms with Gasteiger partial charge < -0.3 is 10.1 Å². The number of para-hydroxylation sites is 1. The largest absolute Gasteiger partial charge is 0.496 e. The smallest absolute Gasteiger partial charge is 0.244 e. The third kappa shape index (κ3) is 3.32. The molecule has 1 aromatic rings. The molecular formula is C14H18N2O3. The van der Waals surface area contributed by atoms with Crippen LogP contribution in [0.2, 0.25) is 0 Å². The molecule has 2 atom stereocenters. The third-order valence-electron chi connectivity index (χ3n) is 3.17. The molecule has 1 heterocycles. The van der Waals surface area contributed by atoms with E-state index in [1.54, 1.807) is 7.11 Å². The van der Waals surface area contributed by atoms with E-state index in [9.17, 15) is 9.59 Å². The summed E-state index contributed by atoms with van der Waals surface area (Å²) in [4.78, 5) is 22.6. The highest BCUT2D eigenvalue weighted by atomic mass is 16.5. The number of hydrogen-bond acceptors (Lipinski definition) is 4. The Morgan fingerprint density at radius 1 is 1.42 bits per heavy atom. The summed E-state index contributed by atoms with van der Waals surface area (Å²) in [6, 6.07) is 7.44. The van der Waals surface area contributed by atoms with Crippen molar-refractivity contribution in [3.8, 4) is 5.75 Å². The number of carbonyl (C=O) groups excluding carboxylic acids is 2. The van der Waals surface area contributed by atoms with Crippen LogP contribution in [0.4, 0.5) is 0 Å². The van der Waals surface area contributed by atoms with Crippen molar-refractivity contribution in [1.29, 1.82) is 0 Å². The Morgan fingerprint density at radius 3 is 2.79 bits per heavy atom. The van der Waals surface area contributed by atoms with Gasteiger partial charge in [0, 0.05) is 6.04 Å². The van der Waals surface area contributed by atoms with Crippen molar-refractivity contribution in [2.45, 2.75) is 31.8 Å². The van der Waals surface area contributed by atoms with Crippen molar-refractivity contribution < 1.29 is 14.3 Å². The van der Waals surface area contributed by atoms with Gasteiger partial charge in [-0.25, -0.2) is 0 Å². The van der Waals surface area contributed by atoms with Crippen LogP contribution in [0.15, 0.2) is 24.3 Å². The minimum Gasteiger partial charge on any atom is -0.496 e. The first kappa shape index (κ1) is 13.5. The van der Waals surface area contributed by atoms with Crippen molar-refractivity contribution in [3.63, 3.8) is 0 Å². The molecule has 1 saturated heterocycles. The first-order valence-electron chi connectivity index (χ1n) is 6.31.